The number of hydrogen-bond donors (Lipinski definition) is 2. The summed E-state index contributed by atoms with van der Waals surface area (Å²) >= 11 is 0. The van der Waals surface area contributed by atoms with E-state index in [0.29, 0.717) is 26.2 Å². The largest absolute Gasteiger partial charge is 0.325 e. The second-order valence-electron chi connectivity index (χ2n) is 7.36. The van der Waals surface area contributed by atoms with E-state index in [2.05, 4.69) is 5.32 Å². The maximum atomic E-state index is 12.9. The molecule has 2 aromatic rings. The number of nitrogens with one attached hydrogen (secondary N) is 2. The van der Waals surface area contributed by atoms with E-state index < -0.39 is 10.0 Å². The van der Waals surface area contributed by atoms with Gasteiger partial charge in [0.25, 0.3) is 5.91 Å². The Balaban J connectivity index is 1.59. The second-order valence-corrected chi connectivity index (χ2v) is 9.27. The molecular weight excluding hydrogens is 388 g/mol. The van der Waals surface area contributed by atoms with Crippen LogP contribution in [0.25, 0.3) is 0 Å². The molecule has 0 radical (unpaired) electrons. The fourth-order valence-corrected chi connectivity index (χ4v) is 5.21. The molecule has 1 fully saturated rings. The normalized spacial score (nSPS) is 15.6. The van der Waals surface area contributed by atoms with Gasteiger partial charge in [0, 0.05) is 5.69 Å². The zero-order valence-corrected chi connectivity index (χ0v) is 17.4. The number of sulfonamides is 1. The molecule has 7 nitrogen and oxygen atoms in total. The summed E-state index contributed by atoms with van der Waals surface area (Å²) in [5.41, 5.74) is 3.10. The molecule has 8 heteroatoms. The second kappa shape index (κ2) is 8.74. The molecule has 1 amide bonds. The summed E-state index contributed by atoms with van der Waals surface area (Å²) in [5.74, 6) is -0.0869. The Kier molecular flexibility index (Phi) is 6.33. The molecule has 152 valence electrons. The standard InChI is InChI=1S/C21H24N4O3S/c1-16-11-17(2)13-19(12-16)23-21(26)15-24-7-9-25(10-8-24)29(27,28)20-6-4-3-5-18(20)14-22/h3-6,11-13H,7-10,15H2,1-2H3,(H,23,26)/p+1. The SMILES string of the molecule is Cc1cc(C)cc(NC(=O)C[NH+]2CCN(S(=O)(=O)c3ccccc3C#N)CC2)c1. The Labute approximate surface area is 171 Å². The molecule has 0 spiro atoms. The smallest absolute Gasteiger partial charge is 0.279 e. The van der Waals surface area contributed by atoms with Gasteiger partial charge in [-0.1, -0.05) is 18.2 Å². The van der Waals surface area contributed by atoms with E-state index in [4.69, 9.17) is 0 Å². The van der Waals surface area contributed by atoms with E-state index in [-0.39, 0.29) is 22.9 Å². The van der Waals surface area contributed by atoms with Gasteiger partial charge in [0.1, 0.15) is 6.07 Å². The van der Waals surface area contributed by atoms with Crippen LogP contribution in [-0.2, 0) is 14.8 Å². The number of carbonyl (C=O) groups excluding carboxylic acids is 1. The van der Waals surface area contributed by atoms with Crippen LogP contribution in [0.4, 0.5) is 5.69 Å². The number of quaternary nitrogens is 1. The molecule has 2 aromatic carbocycles. The van der Waals surface area contributed by atoms with Gasteiger partial charge in [0.05, 0.1) is 36.6 Å². The molecule has 1 aliphatic rings. The van der Waals surface area contributed by atoms with Crippen LogP contribution in [0, 0.1) is 25.2 Å². The van der Waals surface area contributed by atoms with Crippen molar-refractivity contribution in [1.82, 2.24) is 4.31 Å². The number of piperazine rings is 1. The number of nitriles is 1. The molecule has 0 unspecified atom stereocenters. The third-order valence-corrected chi connectivity index (χ3v) is 6.93. The summed E-state index contributed by atoms with van der Waals surface area (Å²) in [6.07, 6.45) is 0. The highest BCUT2D eigenvalue weighted by Gasteiger charge is 2.32. The van der Waals surface area contributed by atoms with Crippen molar-refractivity contribution in [3.8, 4) is 6.07 Å². The number of amides is 1. The number of aryl methyl sites for hydroxylation is 2. The lowest BCUT2D eigenvalue weighted by Crippen LogP contribution is -3.15. The number of benzene rings is 2. The highest BCUT2D eigenvalue weighted by molar-refractivity contribution is 7.89. The lowest BCUT2D eigenvalue weighted by molar-refractivity contribution is -0.895. The molecule has 0 aliphatic carbocycles. The van der Waals surface area contributed by atoms with Gasteiger partial charge in [0.15, 0.2) is 6.54 Å². The minimum Gasteiger partial charge on any atom is -0.325 e. The first-order chi connectivity index (χ1) is 13.8. The van der Waals surface area contributed by atoms with Crippen molar-refractivity contribution in [2.45, 2.75) is 18.7 Å². The Bertz CT molecular complexity index is 1030. The van der Waals surface area contributed by atoms with Crippen molar-refractivity contribution in [3.63, 3.8) is 0 Å². The van der Waals surface area contributed by atoms with Crippen LogP contribution in [0.2, 0.25) is 0 Å². The van der Waals surface area contributed by atoms with E-state index in [1.54, 1.807) is 12.1 Å². The van der Waals surface area contributed by atoms with Crippen molar-refractivity contribution < 1.29 is 18.1 Å². The van der Waals surface area contributed by atoms with Crippen molar-refractivity contribution in [1.29, 1.82) is 5.26 Å². The Morgan fingerprint density at radius 2 is 1.76 bits per heavy atom. The minimum atomic E-state index is -3.72. The highest BCUT2D eigenvalue weighted by atomic mass is 32.2. The number of anilines is 1. The fraction of sp³-hybridized carbons (Fsp3) is 0.333. The first kappa shape index (κ1) is 21.0. The molecule has 0 atom stereocenters. The van der Waals surface area contributed by atoms with Crippen molar-refractivity contribution >= 4 is 21.6 Å². The summed E-state index contributed by atoms with van der Waals surface area (Å²) in [6, 6.07) is 14.1. The average molecular weight is 414 g/mol. The molecule has 0 saturated carbocycles. The molecule has 1 aliphatic heterocycles. The fourth-order valence-electron chi connectivity index (χ4n) is 3.62. The zero-order chi connectivity index (χ0) is 21.0. The number of hydrogen-bond acceptors (Lipinski definition) is 4. The van der Waals surface area contributed by atoms with Gasteiger partial charge in [-0.05, 0) is 49.2 Å². The van der Waals surface area contributed by atoms with Crippen LogP contribution in [-0.4, -0.2) is 51.4 Å². The van der Waals surface area contributed by atoms with Crippen LogP contribution in [0.1, 0.15) is 16.7 Å². The van der Waals surface area contributed by atoms with Crippen molar-refractivity contribution in [3.05, 3.63) is 59.2 Å². The Morgan fingerprint density at radius 1 is 1.14 bits per heavy atom. The van der Waals surface area contributed by atoms with E-state index >= 15 is 0 Å². The first-order valence-corrected chi connectivity index (χ1v) is 10.9. The monoisotopic (exact) mass is 413 g/mol. The van der Waals surface area contributed by atoms with Crippen LogP contribution in [0.15, 0.2) is 47.4 Å². The van der Waals surface area contributed by atoms with Gasteiger partial charge in [-0.25, -0.2) is 8.42 Å². The van der Waals surface area contributed by atoms with Gasteiger partial charge in [-0.15, -0.1) is 0 Å². The quantitative estimate of drug-likeness (QED) is 0.755. The van der Waals surface area contributed by atoms with E-state index in [0.717, 1.165) is 21.7 Å². The summed E-state index contributed by atoms with van der Waals surface area (Å²) in [7, 11) is -3.72. The summed E-state index contributed by atoms with van der Waals surface area (Å²) < 4.78 is 27.2. The molecule has 29 heavy (non-hydrogen) atoms. The first-order valence-electron chi connectivity index (χ1n) is 9.50. The average Bonchev–Trinajstić information content (AvgIpc) is 2.67. The van der Waals surface area contributed by atoms with Gasteiger partial charge in [0.2, 0.25) is 10.0 Å². The maximum Gasteiger partial charge on any atom is 0.279 e. The molecule has 3 rings (SSSR count). The van der Waals surface area contributed by atoms with Crippen molar-refractivity contribution in [2.24, 2.45) is 0 Å². The lowest BCUT2D eigenvalue weighted by atomic mass is 10.1. The Morgan fingerprint density at radius 3 is 2.38 bits per heavy atom. The van der Waals surface area contributed by atoms with Crippen LogP contribution in [0.3, 0.4) is 0 Å². The molecule has 0 aromatic heterocycles. The number of rotatable bonds is 5. The molecule has 1 heterocycles. The molecular formula is C21H25N4O3S+. The van der Waals surface area contributed by atoms with Crippen LogP contribution in [0.5, 0.6) is 0 Å². The van der Waals surface area contributed by atoms with Gasteiger partial charge in [-0.3, -0.25) is 4.79 Å². The molecule has 1 saturated heterocycles. The summed E-state index contributed by atoms with van der Waals surface area (Å²) in [6.45, 7) is 5.96. The van der Waals surface area contributed by atoms with Gasteiger partial charge >= 0.3 is 0 Å². The predicted octanol–water partition coefficient (Wildman–Crippen LogP) is 0.703. The lowest BCUT2D eigenvalue weighted by Gasteiger charge is -2.31. The van der Waals surface area contributed by atoms with Gasteiger partial charge in [-0.2, -0.15) is 9.57 Å². The van der Waals surface area contributed by atoms with E-state index in [9.17, 15) is 18.5 Å². The van der Waals surface area contributed by atoms with Crippen LogP contribution >= 0.6 is 0 Å². The third-order valence-electron chi connectivity index (χ3n) is 4.97. The number of carbonyl (C=O) groups is 1. The third kappa shape index (κ3) is 5.01. The van der Waals surface area contributed by atoms with E-state index in [1.807, 2.05) is 38.1 Å². The van der Waals surface area contributed by atoms with Crippen LogP contribution < -0.4 is 10.2 Å². The zero-order valence-electron chi connectivity index (χ0n) is 16.6. The molecule has 2 N–H and O–H groups in total. The molecule has 0 bridgehead atoms. The van der Waals surface area contributed by atoms with E-state index in [1.165, 1.54) is 16.4 Å². The topological polar surface area (TPSA) is 94.7 Å². The van der Waals surface area contributed by atoms with Gasteiger partial charge < -0.3 is 10.2 Å². The predicted molar refractivity (Wildman–Crippen MR) is 110 cm³/mol. The minimum absolute atomic E-state index is 0.0403. The summed E-state index contributed by atoms with van der Waals surface area (Å²) in [4.78, 5) is 13.5. The summed E-state index contributed by atoms with van der Waals surface area (Å²) in [5, 5.41) is 12.1. The van der Waals surface area contributed by atoms with Crippen molar-refractivity contribution in [2.75, 3.05) is 38.0 Å². The highest BCUT2D eigenvalue weighted by Crippen LogP contribution is 2.19. The number of nitrogens with zero attached hydrogens (tertiary/aromatic N) is 2. The Hall–Kier alpha value is -2.73. The maximum absolute atomic E-state index is 12.9.